The van der Waals surface area contributed by atoms with Gasteiger partial charge in [0.05, 0.1) is 0 Å². The Morgan fingerprint density at radius 1 is 1.36 bits per heavy atom. The summed E-state index contributed by atoms with van der Waals surface area (Å²) >= 11 is 0. The Balaban J connectivity index is 0.000000183. The fourth-order valence-corrected chi connectivity index (χ4v) is 0.131. The van der Waals surface area contributed by atoms with Crippen molar-refractivity contribution in [3.63, 3.8) is 0 Å². The maximum atomic E-state index is 4.92. The average molecular weight is 160 g/mol. The van der Waals surface area contributed by atoms with Gasteiger partial charge in [0.1, 0.15) is 0 Å². The second-order valence-electron chi connectivity index (χ2n) is 1.15. The van der Waals surface area contributed by atoms with E-state index >= 15 is 0 Å². The van der Waals surface area contributed by atoms with Crippen LogP contribution in [0.15, 0.2) is 0 Å². The number of nitrogens with one attached hydrogen (secondary N) is 2. The molecule has 1 aromatic heterocycles. The molecule has 0 aliphatic carbocycles. The van der Waals surface area contributed by atoms with Crippen LogP contribution >= 0.6 is 0 Å². The molecule has 0 atom stereocenters. The monoisotopic (exact) mass is 160 g/mol. The molecule has 1 aromatic rings. The number of hydrazine groups is 2. The van der Waals surface area contributed by atoms with Crippen LogP contribution in [0.3, 0.4) is 0 Å². The third-order valence-corrected chi connectivity index (χ3v) is 0.511. The number of nitrogens with two attached hydrogens (primary N) is 3. The van der Waals surface area contributed by atoms with Gasteiger partial charge in [-0.15, -0.1) is 0 Å². The van der Waals surface area contributed by atoms with Gasteiger partial charge < -0.3 is 0 Å². The van der Waals surface area contributed by atoms with E-state index in [2.05, 4.69) is 36.6 Å². The van der Waals surface area contributed by atoms with Crippen LogP contribution in [0.25, 0.3) is 0 Å². The van der Waals surface area contributed by atoms with E-state index in [0.29, 0.717) is 0 Å². The van der Waals surface area contributed by atoms with Crippen molar-refractivity contribution in [2.75, 3.05) is 0 Å². The minimum absolute atomic E-state index is 0.148. The van der Waals surface area contributed by atoms with E-state index in [-0.39, 0.29) is 5.96 Å². The Bertz CT molecular complexity index is 156. The number of nitrogens with zero attached hydrogens (tertiary/aromatic N) is 5. The van der Waals surface area contributed by atoms with Crippen LogP contribution in [0.2, 0.25) is 0 Å². The number of hydrazone groups is 1. The third kappa shape index (κ3) is 5.91. The molecule has 0 saturated heterocycles. The predicted octanol–water partition coefficient (Wildman–Crippen LogP) is -6.06. The lowest BCUT2D eigenvalue weighted by molar-refractivity contribution is -0.472. The highest BCUT2D eigenvalue weighted by atomic mass is 15.6. The standard InChI is InChI=1S/CH7N5.N5/c2-1(5-3)6-4;1-2-4-5-3-1/h3-4H2,(H3,2,5,6);/q;-1/p+1. The lowest BCUT2D eigenvalue weighted by Gasteiger charge is -1.81. The van der Waals surface area contributed by atoms with Gasteiger partial charge in [-0.05, 0) is 0 Å². The summed E-state index contributed by atoms with van der Waals surface area (Å²) in [7, 11) is 0. The number of hydrogen-bond acceptors (Lipinski definition) is 6. The van der Waals surface area contributed by atoms with Crippen LogP contribution in [0, 0.1) is 0 Å². The molecule has 0 unspecified atom stereocenters. The first-order valence-corrected chi connectivity index (χ1v) is 2.37. The maximum absolute atomic E-state index is 4.92. The van der Waals surface area contributed by atoms with Gasteiger partial charge in [-0.25, -0.2) is 15.9 Å². The molecule has 11 heavy (non-hydrogen) atoms. The van der Waals surface area contributed by atoms with Crippen LogP contribution in [0.5, 0.6) is 0 Å². The molecule has 0 radical (unpaired) electrons. The summed E-state index contributed by atoms with van der Waals surface area (Å²) in [6, 6.07) is 0. The largest absolute Gasteiger partial charge is 0.379 e. The molecule has 0 saturated carbocycles. The molecule has 0 aliphatic rings. The lowest BCUT2D eigenvalue weighted by Crippen LogP contribution is -2.85. The van der Waals surface area contributed by atoms with Crippen LogP contribution < -0.4 is 33.2 Å². The van der Waals surface area contributed by atoms with Crippen molar-refractivity contribution < 1.29 is 5.10 Å². The van der Waals surface area contributed by atoms with E-state index in [9.17, 15) is 0 Å². The summed E-state index contributed by atoms with van der Waals surface area (Å²) in [5.41, 5.74) is 6.99. The molecule has 0 spiro atoms. The quantitative estimate of drug-likeness (QED) is 0.107. The van der Waals surface area contributed by atoms with Crippen molar-refractivity contribution in [3.05, 3.63) is 0 Å². The molecule has 10 heteroatoms. The maximum Gasteiger partial charge on any atom is 0.379 e. The fourth-order valence-electron chi connectivity index (χ4n) is 0.131. The van der Waals surface area contributed by atoms with E-state index in [1.807, 2.05) is 0 Å². The van der Waals surface area contributed by atoms with Crippen molar-refractivity contribution in [2.24, 2.45) is 17.4 Å². The van der Waals surface area contributed by atoms with Gasteiger partial charge in [-0.1, -0.05) is 0 Å². The van der Waals surface area contributed by atoms with E-state index < -0.39 is 0 Å². The Morgan fingerprint density at radius 3 is 2.00 bits per heavy atom. The minimum atomic E-state index is 0.148. The van der Waals surface area contributed by atoms with Crippen LogP contribution in [-0.4, -0.2) is 26.8 Å². The molecule has 0 fully saturated rings. The highest BCUT2D eigenvalue weighted by molar-refractivity contribution is 5.70. The van der Waals surface area contributed by atoms with Crippen molar-refractivity contribution in [1.82, 2.24) is 31.5 Å². The molecule has 0 amide bonds. The van der Waals surface area contributed by atoms with Crippen molar-refractivity contribution in [3.8, 4) is 0 Å². The molecule has 62 valence electrons. The molecule has 0 aliphatic heterocycles. The highest BCUT2D eigenvalue weighted by Gasteiger charge is 1.83. The predicted molar refractivity (Wildman–Crippen MR) is 32.6 cm³/mol. The zero-order valence-electron chi connectivity index (χ0n) is 5.47. The first kappa shape index (κ1) is 9.03. The molecular weight excluding hydrogens is 152 g/mol. The first-order valence-electron chi connectivity index (χ1n) is 2.37. The molecule has 8 N–H and O–H groups in total. The zero-order valence-corrected chi connectivity index (χ0v) is 5.47. The van der Waals surface area contributed by atoms with Crippen LogP contribution in [0.1, 0.15) is 0 Å². The lowest BCUT2D eigenvalue weighted by atomic mass is 11.1. The SMILES string of the molecule is NN/C(N)=[NH+]/N.n1nn[n-]n1. The molecule has 10 nitrogen and oxygen atoms in total. The summed E-state index contributed by atoms with van der Waals surface area (Å²) < 4.78 is 0. The number of hydrogen-bond donors (Lipinski definition) is 5. The Hall–Kier alpha value is -1.97. The number of aromatic nitrogens is 5. The van der Waals surface area contributed by atoms with Gasteiger partial charge in [0.15, 0.2) is 0 Å². The highest BCUT2D eigenvalue weighted by Crippen LogP contribution is 1.28. The number of rotatable bonds is 0. The van der Waals surface area contributed by atoms with Gasteiger partial charge in [0.2, 0.25) is 0 Å². The van der Waals surface area contributed by atoms with Gasteiger partial charge in [-0.3, -0.25) is 11.6 Å². The molecule has 1 rings (SSSR count). The second-order valence-corrected chi connectivity index (χ2v) is 1.15. The van der Waals surface area contributed by atoms with E-state index in [0.717, 1.165) is 0 Å². The summed E-state index contributed by atoms with van der Waals surface area (Å²) in [5, 5.41) is 17.1. The molecule has 0 bridgehead atoms. The Morgan fingerprint density at radius 2 is 1.91 bits per heavy atom. The van der Waals surface area contributed by atoms with Crippen molar-refractivity contribution >= 4 is 5.96 Å². The van der Waals surface area contributed by atoms with Gasteiger partial charge in [0, 0.05) is 0 Å². The van der Waals surface area contributed by atoms with Crippen LogP contribution in [0.4, 0.5) is 0 Å². The summed E-state index contributed by atoms with van der Waals surface area (Å²) in [4.78, 5) is 0. The Labute approximate surface area is 61.1 Å². The van der Waals surface area contributed by atoms with Crippen LogP contribution in [-0.2, 0) is 0 Å². The van der Waals surface area contributed by atoms with E-state index in [1.165, 1.54) is 0 Å². The first-order chi connectivity index (χ1) is 5.31. The Kier molecular flexibility index (Phi) is 5.05. The zero-order chi connectivity index (χ0) is 8.53. The topological polar surface area (TPSA) is 170 Å². The van der Waals surface area contributed by atoms with E-state index in [1.54, 1.807) is 0 Å². The fraction of sp³-hybridized carbons (Fsp3) is 0. The molecular formula is CH8N10. The third-order valence-electron chi connectivity index (χ3n) is 0.511. The average Bonchev–Trinajstić information content (AvgIpc) is 2.60. The summed E-state index contributed by atoms with van der Waals surface area (Å²) in [6.45, 7) is 0. The number of guanidine groups is 1. The van der Waals surface area contributed by atoms with E-state index in [4.69, 9.17) is 17.4 Å². The summed E-state index contributed by atoms with van der Waals surface area (Å²) in [5.74, 6) is 9.60. The van der Waals surface area contributed by atoms with Gasteiger partial charge in [-0.2, -0.15) is 26.6 Å². The van der Waals surface area contributed by atoms with Gasteiger partial charge >= 0.3 is 5.96 Å². The molecule has 1 heterocycles. The molecule has 0 aromatic carbocycles. The van der Waals surface area contributed by atoms with Crippen molar-refractivity contribution in [1.29, 1.82) is 0 Å². The summed E-state index contributed by atoms with van der Waals surface area (Å²) in [6.07, 6.45) is 0. The van der Waals surface area contributed by atoms with Crippen molar-refractivity contribution in [2.45, 2.75) is 0 Å². The van der Waals surface area contributed by atoms with Gasteiger partial charge in [0.25, 0.3) is 0 Å². The normalized spacial score (nSPS) is 9.73. The minimum Gasteiger partial charge on any atom is -0.296 e. The second kappa shape index (κ2) is 6.15. The smallest absolute Gasteiger partial charge is 0.296 e.